The van der Waals surface area contributed by atoms with E-state index in [1.165, 1.54) is 6.39 Å². The molecule has 0 amide bonds. The largest absolute Gasteiger partial charge is 0.448 e. The van der Waals surface area contributed by atoms with Gasteiger partial charge in [0.25, 0.3) is 0 Å². The summed E-state index contributed by atoms with van der Waals surface area (Å²) in [5.41, 5.74) is 1.15. The maximum absolute atomic E-state index is 4.94. The third kappa shape index (κ3) is 0.266. The van der Waals surface area contributed by atoms with Crippen molar-refractivity contribution < 1.29 is 4.42 Å². The maximum atomic E-state index is 4.94. The Labute approximate surface area is 41.2 Å². The lowest BCUT2D eigenvalue weighted by atomic mass is 10.0. The molecule has 0 fully saturated rings. The quantitative estimate of drug-likeness (QED) is 0.475. The molecule has 1 aliphatic rings. The molecule has 0 saturated carbocycles. The van der Waals surface area contributed by atoms with Crippen molar-refractivity contribution in [1.29, 1.82) is 0 Å². The standard InChI is InChI=1S/C5H5NO/c1-2-5-4(1)6-3-7-5/h3H,1-2H2. The van der Waals surface area contributed by atoms with Crippen LogP contribution < -0.4 is 0 Å². The van der Waals surface area contributed by atoms with Crippen molar-refractivity contribution in [2.24, 2.45) is 0 Å². The van der Waals surface area contributed by atoms with Crippen LogP contribution in [-0.2, 0) is 12.8 Å². The van der Waals surface area contributed by atoms with Gasteiger partial charge in [0, 0.05) is 12.8 Å². The van der Waals surface area contributed by atoms with Crippen LogP contribution in [-0.4, -0.2) is 4.98 Å². The van der Waals surface area contributed by atoms with Crippen LogP contribution in [0, 0.1) is 0 Å². The van der Waals surface area contributed by atoms with Gasteiger partial charge in [-0.3, -0.25) is 0 Å². The molecule has 36 valence electrons. The van der Waals surface area contributed by atoms with E-state index in [9.17, 15) is 0 Å². The SMILES string of the molecule is c1nc2c(o1)CC2. The first-order chi connectivity index (χ1) is 3.47. The normalized spacial score (nSPS) is 15.4. The molecular weight excluding hydrogens is 90.1 g/mol. The molecule has 1 aromatic heterocycles. The molecule has 1 heterocycles. The summed E-state index contributed by atoms with van der Waals surface area (Å²) < 4.78 is 4.94. The van der Waals surface area contributed by atoms with Crippen LogP contribution in [0.1, 0.15) is 11.5 Å². The number of oxazole rings is 1. The van der Waals surface area contributed by atoms with Crippen LogP contribution in [0.3, 0.4) is 0 Å². The number of fused-ring (bicyclic) bond motifs is 1. The van der Waals surface area contributed by atoms with Crippen LogP contribution in [0.25, 0.3) is 0 Å². The molecular formula is C5H5NO. The van der Waals surface area contributed by atoms with Crippen molar-refractivity contribution in [1.82, 2.24) is 4.98 Å². The fourth-order valence-electron chi connectivity index (χ4n) is 0.756. The van der Waals surface area contributed by atoms with Gasteiger partial charge in [0.15, 0.2) is 6.39 Å². The Kier molecular flexibility index (Phi) is 0.410. The van der Waals surface area contributed by atoms with Crippen LogP contribution in [0.4, 0.5) is 0 Å². The van der Waals surface area contributed by atoms with Crippen molar-refractivity contribution in [2.75, 3.05) is 0 Å². The highest BCUT2D eigenvalue weighted by molar-refractivity contribution is 5.17. The molecule has 0 spiro atoms. The molecule has 2 nitrogen and oxygen atoms in total. The lowest BCUT2D eigenvalue weighted by Crippen LogP contribution is -2.04. The number of aryl methyl sites for hydroxylation is 2. The van der Waals surface area contributed by atoms with Crippen LogP contribution in [0.2, 0.25) is 0 Å². The minimum Gasteiger partial charge on any atom is -0.448 e. The van der Waals surface area contributed by atoms with Gasteiger partial charge in [-0.1, -0.05) is 0 Å². The summed E-state index contributed by atoms with van der Waals surface area (Å²) >= 11 is 0. The molecule has 0 aromatic carbocycles. The lowest BCUT2D eigenvalue weighted by Gasteiger charge is -2.05. The van der Waals surface area contributed by atoms with Gasteiger partial charge in [-0.15, -0.1) is 0 Å². The molecule has 0 bridgehead atoms. The molecule has 2 rings (SSSR count). The van der Waals surface area contributed by atoms with Gasteiger partial charge in [0.1, 0.15) is 5.76 Å². The average molecular weight is 95.1 g/mol. The third-order valence-corrected chi connectivity index (χ3v) is 1.31. The molecule has 0 saturated heterocycles. The highest BCUT2D eigenvalue weighted by atomic mass is 16.3. The average Bonchev–Trinajstić information content (AvgIpc) is 1.85. The maximum Gasteiger partial charge on any atom is 0.181 e. The minimum atomic E-state index is 1.08. The molecule has 0 radical (unpaired) electrons. The Morgan fingerprint density at radius 2 is 2.57 bits per heavy atom. The van der Waals surface area contributed by atoms with Crippen molar-refractivity contribution in [3.05, 3.63) is 17.8 Å². The topological polar surface area (TPSA) is 26.0 Å². The van der Waals surface area contributed by atoms with E-state index >= 15 is 0 Å². The van der Waals surface area contributed by atoms with Gasteiger partial charge in [0.2, 0.25) is 0 Å². The van der Waals surface area contributed by atoms with Gasteiger partial charge in [0.05, 0.1) is 5.69 Å². The van der Waals surface area contributed by atoms with Crippen molar-refractivity contribution in [3.8, 4) is 0 Å². The van der Waals surface area contributed by atoms with E-state index in [0.717, 1.165) is 24.3 Å². The van der Waals surface area contributed by atoms with Crippen molar-refractivity contribution >= 4 is 0 Å². The zero-order valence-electron chi connectivity index (χ0n) is 3.85. The van der Waals surface area contributed by atoms with Crippen molar-refractivity contribution in [2.45, 2.75) is 12.8 Å². The van der Waals surface area contributed by atoms with Crippen LogP contribution >= 0.6 is 0 Å². The van der Waals surface area contributed by atoms with Gasteiger partial charge in [-0.05, 0) is 0 Å². The fraction of sp³-hybridized carbons (Fsp3) is 0.400. The minimum absolute atomic E-state index is 1.08. The second-order valence-corrected chi connectivity index (χ2v) is 1.72. The smallest absolute Gasteiger partial charge is 0.181 e. The first-order valence-corrected chi connectivity index (χ1v) is 2.38. The lowest BCUT2D eigenvalue weighted by molar-refractivity contribution is 0.479. The number of nitrogens with zero attached hydrogens (tertiary/aromatic N) is 1. The molecule has 0 atom stereocenters. The second-order valence-electron chi connectivity index (χ2n) is 1.72. The molecule has 1 aromatic rings. The number of hydrogen-bond donors (Lipinski definition) is 0. The Bertz CT molecular complexity index is 161. The molecule has 7 heavy (non-hydrogen) atoms. The molecule has 0 N–H and O–H groups in total. The second kappa shape index (κ2) is 0.886. The van der Waals surface area contributed by atoms with E-state index in [1.54, 1.807) is 0 Å². The third-order valence-electron chi connectivity index (χ3n) is 1.31. The Balaban J connectivity index is 2.69. The van der Waals surface area contributed by atoms with Gasteiger partial charge < -0.3 is 4.42 Å². The Hall–Kier alpha value is -0.790. The summed E-state index contributed by atoms with van der Waals surface area (Å²) in [5, 5.41) is 0. The summed E-state index contributed by atoms with van der Waals surface area (Å²) in [5.74, 6) is 1.08. The number of hydrogen-bond acceptors (Lipinski definition) is 2. The van der Waals surface area contributed by atoms with Crippen LogP contribution in [0.5, 0.6) is 0 Å². The van der Waals surface area contributed by atoms with E-state index in [2.05, 4.69) is 4.98 Å². The fourth-order valence-corrected chi connectivity index (χ4v) is 0.756. The van der Waals surface area contributed by atoms with Gasteiger partial charge in [-0.2, -0.15) is 0 Å². The van der Waals surface area contributed by atoms with Gasteiger partial charge >= 0.3 is 0 Å². The zero-order valence-corrected chi connectivity index (χ0v) is 3.85. The summed E-state index contributed by atoms with van der Waals surface area (Å²) in [7, 11) is 0. The van der Waals surface area contributed by atoms with E-state index < -0.39 is 0 Å². The highest BCUT2D eigenvalue weighted by Gasteiger charge is 2.16. The highest BCUT2D eigenvalue weighted by Crippen LogP contribution is 2.19. The molecule has 1 aliphatic carbocycles. The first kappa shape index (κ1) is 3.24. The van der Waals surface area contributed by atoms with E-state index in [-0.39, 0.29) is 0 Å². The molecule has 0 unspecified atom stereocenters. The van der Waals surface area contributed by atoms with Gasteiger partial charge in [-0.25, -0.2) is 4.98 Å². The Morgan fingerprint density at radius 1 is 1.57 bits per heavy atom. The summed E-state index contributed by atoms with van der Waals surface area (Å²) in [4.78, 5) is 3.94. The predicted octanol–water partition coefficient (Wildman–Crippen LogP) is 0.773. The zero-order chi connectivity index (χ0) is 4.69. The van der Waals surface area contributed by atoms with Crippen LogP contribution in [0.15, 0.2) is 10.8 Å². The number of rotatable bonds is 0. The Morgan fingerprint density at radius 3 is 2.86 bits per heavy atom. The van der Waals surface area contributed by atoms with E-state index in [1.807, 2.05) is 0 Å². The van der Waals surface area contributed by atoms with E-state index in [4.69, 9.17) is 4.42 Å². The van der Waals surface area contributed by atoms with Crippen molar-refractivity contribution in [3.63, 3.8) is 0 Å². The molecule has 2 heteroatoms. The number of aromatic nitrogens is 1. The summed E-state index contributed by atoms with van der Waals surface area (Å²) in [6.45, 7) is 0. The van der Waals surface area contributed by atoms with E-state index in [0.29, 0.717) is 0 Å². The molecule has 0 aliphatic heterocycles. The summed E-state index contributed by atoms with van der Waals surface area (Å²) in [6, 6.07) is 0. The monoisotopic (exact) mass is 95.0 g/mol. The summed E-state index contributed by atoms with van der Waals surface area (Å²) in [6.07, 6.45) is 3.72. The first-order valence-electron chi connectivity index (χ1n) is 2.38. The predicted molar refractivity (Wildman–Crippen MR) is 23.9 cm³/mol.